The average Bonchev–Trinajstić information content (AvgIpc) is 2.78. The van der Waals surface area contributed by atoms with Gasteiger partial charge in [-0.2, -0.15) is 5.10 Å². The highest BCUT2D eigenvalue weighted by Gasteiger charge is 2.25. The van der Waals surface area contributed by atoms with Gasteiger partial charge in [-0.05, 0) is 18.8 Å². The van der Waals surface area contributed by atoms with Gasteiger partial charge >= 0.3 is 0 Å². The van der Waals surface area contributed by atoms with Gasteiger partial charge in [0.15, 0.2) is 5.69 Å². The number of amides is 1. The Bertz CT molecular complexity index is 485. The monoisotopic (exact) mass is 316 g/mol. The number of carbonyl (C=O) groups excluding carboxylic acids is 1. The number of hydrogen-bond acceptors (Lipinski definition) is 4. The summed E-state index contributed by atoms with van der Waals surface area (Å²) in [6.45, 7) is 7.94. The molecule has 0 saturated heterocycles. The molecule has 1 amide bonds. The van der Waals surface area contributed by atoms with Crippen LogP contribution in [0.2, 0.25) is 0 Å². The first kappa shape index (κ1) is 17.9. The number of nitrogens with zero attached hydrogens (tertiary/aromatic N) is 1. The molecule has 0 bridgehead atoms. The Morgan fingerprint density at radius 3 is 2.90 bits per heavy atom. The molecule has 7 heteroatoms. The van der Waals surface area contributed by atoms with Crippen LogP contribution in [-0.4, -0.2) is 40.4 Å². The summed E-state index contributed by atoms with van der Waals surface area (Å²) in [7, 11) is 0. The van der Waals surface area contributed by atoms with Crippen molar-refractivity contribution in [1.82, 2.24) is 20.8 Å². The highest BCUT2D eigenvalue weighted by molar-refractivity contribution is 5.94. The highest BCUT2D eigenvalue weighted by atomic mass is 35.5. The summed E-state index contributed by atoms with van der Waals surface area (Å²) in [4.78, 5) is 12.2. The van der Waals surface area contributed by atoms with E-state index in [1.165, 1.54) is 0 Å². The van der Waals surface area contributed by atoms with E-state index in [1.807, 2.05) is 13.8 Å². The Kier molecular flexibility index (Phi) is 6.19. The Hall–Kier alpha value is -1.11. The fraction of sp³-hybridized carbons (Fsp3) is 0.714. The van der Waals surface area contributed by atoms with Gasteiger partial charge in [-0.15, -0.1) is 12.4 Å². The second-order valence-electron chi connectivity index (χ2n) is 6.36. The first-order valence-electron chi connectivity index (χ1n) is 7.12. The molecule has 2 heterocycles. The van der Waals surface area contributed by atoms with Crippen LogP contribution < -0.4 is 10.6 Å². The van der Waals surface area contributed by atoms with Crippen LogP contribution in [0.1, 0.15) is 48.9 Å². The van der Waals surface area contributed by atoms with Gasteiger partial charge in [0.1, 0.15) is 0 Å². The number of aromatic amines is 1. The Labute approximate surface area is 131 Å². The van der Waals surface area contributed by atoms with E-state index in [1.54, 1.807) is 6.92 Å². The molecule has 0 spiro atoms. The molecule has 4 N–H and O–H groups in total. The molecule has 1 aliphatic rings. The summed E-state index contributed by atoms with van der Waals surface area (Å²) >= 11 is 0. The van der Waals surface area contributed by atoms with Gasteiger partial charge in [0, 0.05) is 37.3 Å². The third kappa shape index (κ3) is 4.69. The van der Waals surface area contributed by atoms with Gasteiger partial charge in [-0.25, -0.2) is 0 Å². The molecule has 0 aromatic carbocycles. The summed E-state index contributed by atoms with van der Waals surface area (Å²) in [5.74, 6) is -0.148. The molecule has 0 radical (unpaired) electrons. The summed E-state index contributed by atoms with van der Waals surface area (Å²) < 4.78 is 0. The molecule has 1 atom stereocenters. The smallest absolute Gasteiger partial charge is 0.272 e. The molecule has 1 unspecified atom stereocenters. The van der Waals surface area contributed by atoms with Crippen LogP contribution in [0.25, 0.3) is 0 Å². The molecule has 0 aliphatic carbocycles. The highest BCUT2D eigenvalue weighted by Crippen LogP contribution is 2.21. The van der Waals surface area contributed by atoms with Crippen LogP contribution in [0.15, 0.2) is 0 Å². The van der Waals surface area contributed by atoms with Gasteiger partial charge in [-0.1, -0.05) is 13.8 Å². The quantitative estimate of drug-likeness (QED) is 0.652. The minimum Gasteiger partial charge on any atom is -0.393 e. The summed E-state index contributed by atoms with van der Waals surface area (Å²) in [5.41, 5.74) is 2.37. The number of aliphatic hydroxyl groups is 1. The number of aliphatic hydroxyl groups excluding tert-OH is 1. The van der Waals surface area contributed by atoms with E-state index in [0.29, 0.717) is 25.2 Å². The van der Waals surface area contributed by atoms with Crippen molar-refractivity contribution in [3.8, 4) is 0 Å². The van der Waals surface area contributed by atoms with Crippen LogP contribution >= 0.6 is 12.4 Å². The fourth-order valence-electron chi connectivity index (χ4n) is 2.69. The topological polar surface area (TPSA) is 90.0 Å². The molecular formula is C14H25ClN4O2. The van der Waals surface area contributed by atoms with Crippen LogP contribution in [0.4, 0.5) is 0 Å². The van der Waals surface area contributed by atoms with Crippen molar-refractivity contribution in [1.29, 1.82) is 0 Å². The lowest BCUT2D eigenvalue weighted by molar-refractivity contribution is 0.0896. The van der Waals surface area contributed by atoms with Crippen molar-refractivity contribution >= 4 is 18.3 Å². The third-order valence-corrected chi connectivity index (χ3v) is 3.60. The van der Waals surface area contributed by atoms with Crippen molar-refractivity contribution in [2.75, 3.05) is 13.1 Å². The molecule has 1 aromatic heterocycles. The van der Waals surface area contributed by atoms with E-state index in [-0.39, 0.29) is 29.8 Å². The van der Waals surface area contributed by atoms with Crippen molar-refractivity contribution in [2.24, 2.45) is 5.41 Å². The molecular weight excluding hydrogens is 292 g/mol. The zero-order valence-corrected chi connectivity index (χ0v) is 13.6. The van der Waals surface area contributed by atoms with Gasteiger partial charge < -0.3 is 15.7 Å². The lowest BCUT2D eigenvalue weighted by Crippen LogP contribution is -2.36. The maximum absolute atomic E-state index is 12.2. The maximum Gasteiger partial charge on any atom is 0.272 e. The Morgan fingerprint density at radius 1 is 1.52 bits per heavy atom. The van der Waals surface area contributed by atoms with Crippen molar-refractivity contribution in [3.05, 3.63) is 17.0 Å². The lowest BCUT2D eigenvalue weighted by Gasteiger charge is -2.26. The predicted octanol–water partition coefficient (Wildman–Crippen LogP) is 1.00. The zero-order valence-electron chi connectivity index (χ0n) is 12.8. The molecule has 120 valence electrons. The van der Waals surface area contributed by atoms with Gasteiger partial charge in [-0.3, -0.25) is 9.89 Å². The second kappa shape index (κ2) is 7.24. The van der Waals surface area contributed by atoms with E-state index in [0.717, 1.165) is 24.2 Å². The van der Waals surface area contributed by atoms with Crippen LogP contribution in [-0.2, 0) is 13.0 Å². The Balaban J connectivity index is 0.00000220. The SMILES string of the molecule is CC(O)CC(C)(C)CNC(=O)c1n[nH]c2c1CNCC2.Cl. The van der Waals surface area contributed by atoms with Crippen LogP contribution in [0.3, 0.4) is 0 Å². The maximum atomic E-state index is 12.2. The largest absolute Gasteiger partial charge is 0.393 e. The van der Waals surface area contributed by atoms with Crippen LogP contribution in [0.5, 0.6) is 0 Å². The van der Waals surface area contributed by atoms with E-state index in [4.69, 9.17) is 0 Å². The molecule has 1 aromatic rings. The zero-order chi connectivity index (χ0) is 14.8. The van der Waals surface area contributed by atoms with Crippen LogP contribution in [0, 0.1) is 5.41 Å². The number of nitrogens with one attached hydrogen (secondary N) is 3. The molecule has 2 rings (SSSR count). The van der Waals surface area contributed by atoms with Crippen molar-refractivity contribution < 1.29 is 9.90 Å². The Morgan fingerprint density at radius 2 is 2.24 bits per heavy atom. The number of hydrogen-bond donors (Lipinski definition) is 4. The van der Waals surface area contributed by atoms with E-state index in [9.17, 15) is 9.90 Å². The molecule has 6 nitrogen and oxygen atoms in total. The fourth-order valence-corrected chi connectivity index (χ4v) is 2.69. The predicted molar refractivity (Wildman–Crippen MR) is 83.7 cm³/mol. The minimum atomic E-state index is -0.371. The first-order chi connectivity index (χ1) is 9.39. The first-order valence-corrected chi connectivity index (χ1v) is 7.12. The van der Waals surface area contributed by atoms with Gasteiger partial charge in [0.25, 0.3) is 5.91 Å². The standard InChI is InChI=1S/C14H24N4O2.ClH/c1-9(19)6-14(2,3)8-16-13(20)12-10-7-15-5-4-11(10)17-18-12;/h9,15,19H,4-8H2,1-3H3,(H,16,20)(H,17,18);1H. The second-order valence-corrected chi connectivity index (χ2v) is 6.36. The number of rotatable bonds is 5. The van der Waals surface area contributed by atoms with Crippen molar-refractivity contribution in [2.45, 2.75) is 46.3 Å². The minimum absolute atomic E-state index is 0. The van der Waals surface area contributed by atoms with Crippen molar-refractivity contribution in [3.63, 3.8) is 0 Å². The van der Waals surface area contributed by atoms with E-state index in [2.05, 4.69) is 20.8 Å². The summed E-state index contributed by atoms with van der Waals surface area (Å²) in [5, 5.41) is 22.7. The normalized spacial score (nSPS) is 15.8. The van der Waals surface area contributed by atoms with E-state index >= 15 is 0 Å². The lowest BCUT2D eigenvalue weighted by atomic mass is 9.87. The average molecular weight is 317 g/mol. The number of fused-ring (bicyclic) bond motifs is 1. The van der Waals surface area contributed by atoms with E-state index < -0.39 is 0 Å². The summed E-state index contributed by atoms with van der Waals surface area (Å²) in [6, 6.07) is 0. The molecule has 1 aliphatic heterocycles. The van der Waals surface area contributed by atoms with Gasteiger partial charge in [0.05, 0.1) is 6.10 Å². The molecule has 0 saturated carbocycles. The number of aromatic nitrogens is 2. The number of halogens is 1. The number of H-pyrrole nitrogens is 1. The summed E-state index contributed by atoms with van der Waals surface area (Å²) in [6.07, 6.45) is 1.15. The molecule has 0 fully saturated rings. The molecule has 21 heavy (non-hydrogen) atoms. The number of carbonyl (C=O) groups is 1. The van der Waals surface area contributed by atoms with Gasteiger partial charge in [0.2, 0.25) is 0 Å². The third-order valence-electron chi connectivity index (χ3n) is 3.60.